The van der Waals surface area contributed by atoms with E-state index in [1.165, 1.54) is 0 Å². The molecule has 0 bridgehead atoms. The van der Waals surface area contributed by atoms with Crippen molar-refractivity contribution in [3.63, 3.8) is 0 Å². The third-order valence-corrected chi connectivity index (χ3v) is 5.03. The number of halogens is 1. The molecule has 6 nitrogen and oxygen atoms in total. The summed E-state index contributed by atoms with van der Waals surface area (Å²) in [7, 11) is 0. The van der Waals surface area contributed by atoms with E-state index in [1.54, 1.807) is 12.4 Å². The first-order valence-electron chi connectivity index (χ1n) is 8.71. The third kappa shape index (κ3) is 3.37. The molecule has 26 heavy (non-hydrogen) atoms. The first-order chi connectivity index (χ1) is 12.7. The molecule has 1 aromatic carbocycles. The van der Waals surface area contributed by atoms with Crippen LogP contribution in [0.4, 0.5) is 0 Å². The SMILES string of the molecule is O=C(CCc1ncc(-c2ccccc2Cl)o1)N1CCC[C@@H]1c1ccn[nH]1. The van der Waals surface area contributed by atoms with Crippen molar-refractivity contribution < 1.29 is 9.21 Å². The number of aromatic amines is 1. The van der Waals surface area contributed by atoms with Gasteiger partial charge in [0.15, 0.2) is 11.7 Å². The van der Waals surface area contributed by atoms with Crippen LogP contribution in [-0.4, -0.2) is 32.5 Å². The van der Waals surface area contributed by atoms with Crippen molar-refractivity contribution in [2.24, 2.45) is 0 Å². The van der Waals surface area contributed by atoms with Crippen LogP contribution >= 0.6 is 11.6 Å². The molecule has 1 aliphatic rings. The second-order valence-corrected chi connectivity index (χ2v) is 6.76. The van der Waals surface area contributed by atoms with Gasteiger partial charge in [-0.3, -0.25) is 9.89 Å². The van der Waals surface area contributed by atoms with Gasteiger partial charge < -0.3 is 9.32 Å². The predicted molar refractivity (Wildman–Crippen MR) is 97.5 cm³/mol. The lowest BCUT2D eigenvalue weighted by Gasteiger charge is -2.23. The summed E-state index contributed by atoms with van der Waals surface area (Å²) < 4.78 is 5.78. The normalized spacial score (nSPS) is 17.0. The maximum Gasteiger partial charge on any atom is 0.223 e. The topological polar surface area (TPSA) is 75.0 Å². The monoisotopic (exact) mass is 370 g/mol. The predicted octanol–water partition coefficient (Wildman–Crippen LogP) is 4.01. The number of benzene rings is 1. The lowest BCUT2D eigenvalue weighted by molar-refractivity contribution is -0.132. The Kier molecular flexibility index (Phi) is 4.75. The summed E-state index contributed by atoms with van der Waals surface area (Å²) in [6.45, 7) is 0.777. The number of hydrogen-bond acceptors (Lipinski definition) is 4. The molecular formula is C19H19ClN4O2. The number of nitrogens with one attached hydrogen (secondary N) is 1. The fourth-order valence-electron chi connectivity index (χ4n) is 3.41. The number of carbonyl (C=O) groups is 1. The molecule has 0 saturated carbocycles. The molecule has 1 atom stereocenters. The average molecular weight is 371 g/mol. The van der Waals surface area contributed by atoms with Crippen molar-refractivity contribution in [2.75, 3.05) is 6.54 Å². The van der Waals surface area contributed by atoms with E-state index >= 15 is 0 Å². The van der Waals surface area contributed by atoms with Gasteiger partial charge in [0.25, 0.3) is 0 Å². The van der Waals surface area contributed by atoms with Gasteiger partial charge in [0.2, 0.25) is 5.91 Å². The van der Waals surface area contributed by atoms with E-state index in [9.17, 15) is 4.79 Å². The van der Waals surface area contributed by atoms with Gasteiger partial charge >= 0.3 is 0 Å². The van der Waals surface area contributed by atoms with Gasteiger partial charge in [0.05, 0.1) is 23.0 Å². The zero-order valence-corrected chi connectivity index (χ0v) is 14.9. The smallest absolute Gasteiger partial charge is 0.223 e. The van der Waals surface area contributed by atoms with E-state index in [4.69, 9.17) is 16.0 Å². The maximum atomic E-state index is 12.7. The van der Waals surface area contributed by atoms with Crippen LogP contribution in [0.25, 0.3) is 11.3 Å². The van der Waals surface area contributed by atoms with Crippen LogP contribution in [0.1, 0.15) is 36.9 Å². The second-order valence-electron chi connectivity index (χ2n) is 6.36. The Hall–Kier alpha value is -2.60. The van der Waals surface area contributed by atoms with Crippen LogP contribution in [-0.2, 0) is 11.2 Å². The standard InChI is InChI=1S/C19H19ClN4O2/c20-14-5-2-1-4-13(14)17-12-21-18(26-17)7-8-19(25)24-11-3-6-16(24)15-9-10-22-23-15/h1-2,4-5,9-10,12,16H,3,6-8,11H2,(H,22,23)/t16-/m1/s1. The minimum Gasteiger partial charge on any atom is -0.441 e. The first kappa shape index (κ1) is 16.8. The van der Waals surface area contributed by atoms with Crippen LogP contribution in [0.5, 0.6) is 0 Å². The fraction of sp³-hybridized carbons (Fsp3) is 0.316. The molecule has 0 aliphatic carbocycles. The zero-order valence-electron chi connectivity index (χ0n) is 14.2. The van der Waals surface area contributed by atoms with E-state index in [1.807, 2.05) is 35.2 Å². The van der Waals surface area contributed by atoms with Crippen LogP contribution < -0.4 is 0 Å². The molecule has 1 fully saturated rings. The Bertz CT molecular complexity index is 891. The van der Waals surface area contributed by atoms with E-state index in [0.717, 1.165) is 30.6 Å². The molecule has 1 aliphatic heterocycles. The third-order valence-electron chi connectivity index (χ3n) is 4.70. The minimum absolute atomic E-state index is 0.0910. The molecule has 3 aromatic rings. The number of nitrogens with zero attached hydrogens (tertiary/aromatic N) is 3. The number of oxazole rings is 1. The summed E-state index contributed by atoms with van der Waals surface area (Å²) in [6, 6.07) is 9.49. The summed E-state index contributed by atoms with van der Waals surface area (Å²) in [5, 5.41) is 7.59. The largest absolute Gasteiger partial charge is 0.441 e. The molecular weight excluding hydrogens is 352 g/mol. The summed E-state index contributed by atoms with van der Waals surface area (Å²) in [5.74, 6) is 1.28. The van der Waals surface area contributed by atoms with Crippen LogP contribution in [0.2, 0.25) is 5.02 Å². The number of aryl methyl sites for hydroxylation is 1. The molecule has 1 N–H and O–H groups in total. The number of amides is 1. The first-order valence-corrected chi connectivity index (χ1v) is 9.08. The van der Waals surface area contributed by atoms with Gasteiger partial charge in [-0.1, -0.05) is 23.7 Å². The van der Waals surface area contributed by atoms with Crippen molar-refractivity contribution in [1.29, 1.82) is 0 Å². The molecule has 1 amide bonds. The van der Waals surface area contributed by atoms with Crippen LogP contribution in [0.3, 0.4) is 0 Å². The summed E-state index contributed by atoms with van der Waals surface area (Å²) in [4.78, 5) is 18.9. The van der Waals surface area contributed by atoms with E-state index in [2.05, 4.69) is 15.2 Å². The molecule has 1 saturated heterocycles. The maximum absolute atomic E-state index is 12.7. The quantitative estimate of drug-likeness (QED) is 0.736. The second kappa shape index (κ2) is 7.33. The van der Waals surface area contributed by atoms with Crippen molar-refractivity contribution in [3.8, 4) is 11.3 Å². The number of carbonyl (C=O) groups excluding carboxylic acids is 1. The molecule has 2 aromatic heterocycles. The lowest BCUT2D eigenvalue weighted by Crippen LogP contribution is -2.30. The van der Waals surface area contributed by atoms with Crippen molar-refractivity contribution in [3.05, 3.63) is 59.3 Å². The van der Waals surface area contributed by atoms with E-state index in [0.29, 0.717) is 29.5 Å². The highest BCUT2D eigenvalue weighted by Crippen LogP contribution is 2.32. The summed E-state index contributed by atoms with van der Waals surface area (Å²) >= 11 is 6.19. The average Bonchev–Trinajstić information content (AvgIpc) is 3.40. The fourth-order valence-corrected chi connectivity index (χ4v) is 3.64. The molecule has 0 unspecified atom stereocenters. The minimum atomic E-state index is 0.0910. The Morgan fingerprint density at radius 1 is 1.35 bits per heavy atom. The number of H-pyrrole nitrogens is 1. The molecule has 7 heteroatoms. The summed E-state index contributed by atoms with van der Waals surface area (Å²) in [5.41, 5.74) is 1.80. The number of rotatable bonds is 5. The van der Waals surface area contributed by atoms with Gasteiger partial charge in [-0.2, -0.15) is 5.10 Å². The zero-order chi connectivity index (χ0) is 17.9. The van der Waals surface area contributed by atoms with Crippen LogP contribution in [0.15, 0.2) is 47.1 Å². The van der Waals surface area contributed by atoms with Gasteiger partial charge in [-0.05, 0) is 31.0 Å². The molecule has 134 valence electrons. The van der Waals surface area contributed by atoms with Gasteiger partial charge in [-0.25, -0.2) is 4.98 Å². The van der Waals surface area contributed by atoms with E-state index < -0.39 is 0 Å². The molecule has 0 radical (unpaired) electrons. The number of likely N-dealkylation sites (tertiary alicyclic amines) is 1. The van der Waals surface area contributed by atoms with Crippen molar-refractivity contribution in [1.82, 2.24) is 20.1 Å². The van der Waals surface area contributed by atoms with Gasteiger partial charge in [0, 0.05) is 31.1 Å². The van der Waals surface area contributed by atoms with Crippen molar-refractivity contribution in [2.45, 2.75) is 31.7 Å². The molecule has 3 heterocycles. The highest BCUT2D eigenvalue weighted by molar-refractivity contribution is 6.33. The Morgan fingerprint density at radius 3 is 3.04 bits per heavy atom. The highest BCUT2D eigenvalue weighted by Gasteiger charge is 2.30. The lowest BCUT2D eigenvalue weighted by atomic mass is 10.1. The number of hydrogen-bond donors (Lipinski definition) is 1. The van der Waals surface area contributed by atoms with Crippen molar-refractivity contribution >= 4 is 17.5 Å². The Morgan fingerprint density at radius 2 is 2.23 bits per heavy atom. The van der Waals surface area contributed by atoms with E-state index in [-0.39, 0.29) is 11.9 Å². The Balaban J connectivity index is 1.40. The molecule has 0 spiro atoms. The summed E-state index contributed by atoms with van der Waals surface area (Å²) in [6.07, 6.45) is 6.18. The Labute approximate surface area is 156 Å². The highest BCUT2D eigenvalue weighted by atomic mass is 35.5. The number of aromatic nitrogens is 3. The van der Waals surface area contributed by atoms with Gasteiger partial charge in [-0.15, -0.1) is 0 Å². The molecule has 4 rings (SSSR count). The van der Waals surface area contributed by atoms with Gasteiger partial charge in [0.1, 0.15) is 0 Å². The van der Waals surface area contributed by atoms with Crippen LogP contribution in [0, 0.1) is 0 Å².